The van der Waals surface area contributed by atoms with Crippen molar-refractivity contribution in [1.29, 1.82) is 0 Å². The molecule has 6 nitrogen and oxygen atoms in total. The Morgan fingerprint density at radius 1 is 1.19 bits per heavy atom. The van der Waals surface area contributed by atoms with E-state index in [1.54, 1.807) is 13.0 Å². The lowest BCUT2D eigenvalue weighted by Crippen LogP contribution is -2.57. The molecule has 0 aliphatic carbocycles. The highest BCUT2D eigenvalue weighted by atomic mass is 16.4. The van der Waals surface area contributed by atoms with Crippen molar-refractivity contribution in [1.82, 2.24) is 4.90 Å². The van der Waals surface area contributed by atoms with Gasteiger partial charge in [0.25, 0.3) is 5.91 Å². The molecule has 0 saturated carbocycles. The van der Waals surface area contributed by atoms with Crippen LogP contribution in [0.2, 0.25) is 0 Å². The van der Waals surface area contributed by atoms with E-state index >= 15 is 0 Å². The topological polar surface area (TPSA) is 98.1 Å². The Labute approximate surface area is 157 Å². The van der Waals surface area contributed by atoms with Crippen LogP contribution in [0.4, 0.5) is 0 Å². The van der Waals surface area contributed by atoms with E-state index in [0.29, 0.717) is 11.1 Å². The molecular formula is C21H23NO5. The monoisotopic (exact) mass is 369 g/mol. The summed E-state index contributed by atoms with van der Waals surface area (Å²) >= 11 is 0. The maximum Gasteiger partial charge on any atom is 0.312 e. The van der Waals surface area contributed by atoms with Gasteiger partial charge in [-0.25, -0.2) is 0 Å². The van der Waals surface area contributed by atoms with E-state index in [9.17, 15) is 24.9 Å². The largest absolute Gasteiger partial charge is 0.508 e. The van der Waals surface area contributed by atoms with Gasteiger partial charge in [-0.2, -0.15) is 0 Å². The Kier molecular flexibility index (Phi) is 5.19. The zero-order chi connectivity index (χ0) is 19.6. The fourth-order valence-corrected chi connectivity index (χ4v) is 3.66. The Morgan fingerprint density at radius 2 is 1.89 bits per heavy atom. The molecule has 0 bridgehead atoms. The molecule has 1 aliphatic rings. The van der Waals surface area contributed by atoms with Gasteiger partial charge in [0, 0.05) is 18.7 Å². The summed E-state index contributed by atoms with van der Waals surface area (Å²) < 4.78 is 0. The number of piperidine rings is 1. The predicted octanol–water partition coefficient (Wildman–Crippen LogP) is 2.22. The van der Waals surface area contributed by atoms with Gasteiger partial charge in [0.05, 0.1) is 6.10 Å². The van der Waals surface area contributed by atoms with Crippen LogP contribution in [-0.4, -0.2) is 51.3 Å². The molecule has 1 saturated heterocycles. The third-order valence-electron chi connectivity index (χ3n) is 5.39. The summed E-state index contributed by atoms with van der Waals surface area (Å²) in [6.45, 7) is 1.93. The molecule has 3 N–H and O–H groups in total. The number of hydrogen-bond donors (Lipinski definition) is 3. The second-order valence-corrected chi connectivity index (χ2v) is 7.14. The van der Waals surface area contributed by atoms with Crippen LogP contribution >= 0.6 is 0 Å². The minimum Gasteiger partial charge on any atom is -0.508 e. The number of aromatic hydroxyl groups is 1. The highest BCUT2D eigenvalue weighted by molar-refractivity contribution is 5.96. The van der Waals surface area contributed by atoms with Gasteiger partial charge in [-0.3, -0.25) is 9.59 Å². The summed E-state index contributed by atoms with van der Waals surface area (Å²) in [4.78, 5) is 26.3. The van der Waals surface area contributed by atoms with Crippen molar-refractivity contribution in [2.24, 2.45) is 5.41 Å². The van der Waals surface area contributed by atoms with E-state index in [-0.39, 0.29) is 37.6 Å². The molecule has 3 rings (SSSR count). The zero-order valence-electron chi connectivity index (χ0n) is 15.1. The van der Waals surface area contributed by atoms with Crippen molar-refractivity contribution in [3.8, 4) is 5.75 Å². The number of aryl methyl sites for hydroxylation is 1. The second kappa shape index (κ2) is 7.40. The van der Waals surface area contributed by atoms with Gasteiger partial charge in [0.15, 0.2) is 0 Å². The summed E-state index contributed by atoms with van der Waals surface area (Å²) in [6, 6.07) is 13.8. The Balaban J connectivity index is 1.82. The number of benzene rings is 2. The molecule has 6 heteroatoms. The number of phenols is 1. The first-order chi connectivity index (χ1) is 12.8. The van der Waals surface area contributed by atoms with Crippen molar-refractivity contribution in [3.05, 3.63) is 65.2 Å². The van der Waals surface area contributed by atoms with E-state index < -0.39 is 17.5 Å². The quantitative estimate of drug-likeness (QED) is 0.768. The SMILES string of the molecule is Cc1ccc(O)cc1C(=O)N1CC[C@](Cc2ccccc2)(C(=O)O)[C@@H](O)C1. The molecule has 142 valence electrons. The number of carbonyl (C=O) groups is 2. The highest BCUT2D eigenvalue weighted by Crippen LogP contribution is 2.36. The van der Waals surface area contributed by atoms with E-state index in [4.69, 9.17) is 0 Å². The number of rotatable bonds is 4. The van der Waals surface area contributed by atoms with Crippen LogP contribution in [0.25, 0.3) is 0 Å². The third-order valence-corrected chi connectivity index (χ3v) is 5.39. The summed E-state index contributed by atoms with van der Waals surface area (Å²) in [5, 5.41) is 30.2. The number of aliphatic carboxylic acids is 1. The fourth-order valence-electron chi connectivity index (χ4n) is 3.66. The molecular weight excluding hydrogens is 346 g/mol. The first-order valence-corrected chi connectivity index (χ1v) is 8.88. The molecule has 27 heavy (non-hydrogen) atoms. The number of carboxylic acids is 1. The van der Waals surface area contributed by atoms with Crippen molar-refractivity contribution >= 4 is 11.9 Å². The van der Waals surface area contributed by atoms with Crippen molar-refractivity contribution in [2.75, 3.05) is 13.1 Å². The maximum atomic E-state index is 12.8. The molecule has 2 aromatic carbocycles. The number of hydrogen-bond acceptors (Lipinski definition) is 4. The normalized spacial score (nSPS) is 22.4. The third kappa shape index (κ3) is 3.66. The predicted molar refractivity (Wildman–Crippen MR) is 99.6 cm³/mol. The lowest BCUT2D eigenvalue weighted by atomic mass is 9.71. The van der Waals surface area contributed by atoms with Crippen LogP contribution in [0.1, 0.15) is 27.9 Å². The van der Waals surface area contributed by atoms with Gasteiger partial charge in [-0.1, -0.05) is 36.4 Å². The van der Waals surface area contributed by atoms with Crippen LogP contribution < -0.4 is 0 Å². The number of aliphatic hydroxyl groups excluding tert-OH is 1. The van der Waals surface area contributed by atoms with Gasteiger partial charge in [0.1, 0.15) is 11.2 Å². The molecule has 1 fully saturated rings. The Morgan fingerprint density at radius 3 is 2.52 bits per heavy atom. The highest BCUT2D eigenvalue weighted by Gasteiger charge is 2.49. The number of likely N-dealkylation sites (tertiary alicyclic amines) is 1. The first-order valence-electron chi connectivity index (χ1n) is 8.88. The maximum absolute atomic E-state index is 12.8. The lowest BCUT2D eigenvalue weighted by molar-refractivity contribution is -0.161. The van der Waals surface area contributed by atoms with Gasteiger partial charge < -0.3 is 20.2 Å². The molecule has 0 radical (unpaired) electrons. The minimum atomic E-state index is -1.33. The van der Waals surface area contributed by atoms with Gasteiger partial charge in [-0.15, -0.1) is 0 Å². The van der Waals surface area contributed by atoms with Crippen LogP contribution in [0.3, 0.4) is 0 Å². The van der Waals surface area contributed by atoms with E-state index in [0.717, 1.165) is 5.56 Å². The van der Waals surface area contributed by atoms with E-state index in [1.807, 2.05) is 30.3 Å². The standard InChI is InChI=1S/C21H23NO5/c1-14-7-8-16(23)11-17(14)19(25)22-10-9-21(20(26)27,18(24)13-22)12-15-5-3-2-4-6-15/h2-8,11,18,23-24H,9-10,12-13H2,1H3,(H,26,27)/t18-,21+/m0/s1. The molecule has 1 amide bonds. The van der Waals surface area contributed by atoms with Crippen LogP contribution in [0.5, 0.6) is 5.75 Å². The number of phenolic OH excluding ortho intramolecular Hbond substituents is 1. The zero-order valence-corrected chi connectivity index (χ0v) is 15.1. The average Bonchev–Trinajstić information content (AvgIpc) is 2.65. The number of aliphatic hydroxyl groups is 1. The summed E-state index contributed by atoms with van der Waals surface area (Å²) in [5.41, 5.74) is 0.578. The summed E-state index contributed by atoms with van der Waals surface area (Å²) in [5.74, 6) is -1.38. The Hall–Kier alpha value is -2.86. The summed E-state index contributed by atoms with van der Waals surface area (Å²) in [6.07, 6.45) is -0.829. The number of β-amino-alcohol motifs (C(OH)–C–C–N with tert-alkyl or cyclic N) is 1. The van der Waals surface area contributed by atoms with Crippen LogP contribution in [0, 0.1) is 12.3 Å². The number of carbonyl (C=O) groups excluding carboxylic acids is 1. The van der Waals surface area contributed by atoms with E-state index in [1.165, 1.54) is 17.0 Å². The van der Waals surface area contributed by atoms with Gasteiger partial charge >= 0.3 is 5.97 Å². The molecule has 1 aliphatic heterocycles. The molecule has 2 atom stereocenters. The van der Waals surface area contributed by atoms with Crippen molar-refractivity contribution in [2.45, 2.75) is 25.9 Å². The van der Waals surface area contributed by atoms with Crippen molar-refractivity contribution < 1.29 is 24.9 Å². The molecule has 0 unspecified atom stereocenters. The first kappa shape index (κ1) is 18.9. The second-order valence-electron chi connectivity index (χ2n) is 7.14. The minimum absolute atomic E-state index is 0.00883. The molecule has 1 heterocycles. The van der Waals surface area contributed by atoms with Crippen LogP contribution in [0.15, 0.2) is 48.5 Å². The van der Waals surface area contributed by atoms with Gasteiger partial charge in [0.2, 0.25) is 0 Å². The number of amides is 1. The Bertz CT molecular complexity index is 851. The van der Waals surface area contributed by atoms with E-state index in [2.05, 4.69) is 0 Å². The average molecular weight is 369 g/mol. The van der Waals surface area contributed by atoms with Crippen molar-refractivity contribution in [3.63, 3.8) is 0 Å². The summed E-state index contributed by atoms with van der Waals surface area (Å²) in [7, 11) is 0. The molecule has 2 aromatic rings. The lowest BCUT2D eigenvalue weighted by Gasteiger charge is -2.43. The smallest absolute Gasteiger partial charge is 0.312 e. The molecule has 0 spiro atoms. The van der Waals surface area contributed by atoms with Gasteiger partial charge in [-0.05, 0) is 43.0 Å². The number of carboxylic acid groups (broad SMARTS) is 1. The van der Waals surface area contributed by atoms with Crippen LogP contribution in [-0.2, 0) is 11.2 Å². The number of nitrogens with zero attached hydrogens (tertiary/aromatic N) is 1. The molecule has 0 aromatic heterocycles. The fraction of sp³-hybridized carbons (Fsp3) is 0.333.